The summed E-state index contributed by atoms with van der Waals surface area (Å²) in [6.07, 6.45) is 13.2. The third-order valence-electron chi connectivity index (χ3n) is 8.91. The first-order valence-corrected chi connectivity index (χ1v) is 15.0. The third kappa shape index (κ3) is 10.3. The molecule has 0 aromatic heterocycles. The van der Waals surface area contributed by atoms with Gasteiger partial charge in [0.25, 0.3) is 5.09 Å². The first-order valence-electron chi connectivity index (χ1n) is 15.0. The van der Waals surface area contributed by atoms with Crippen LogP contribution in [0.25, 0.3) is 0 Å². The number of nitrogens with zero attached hydrogens (tertiary/aromatic N) is 1. The molecule has 0 spiro atoms. The maximum atomic E-state index is 13.8. The van der Waals surface area contributed by atoms with E-state index in [-0.39, 0.29) is 47.4 Å². The van der Waals surface area contributed by atoms with Crippen molar-refractivity contribution in [3.63, 3.8) is 0 Å². The lowest BCUT2D eigenvalue weighted by molar-refractivity contribution is -0.757. The number of carbonyl (C=O) groups excluding carboxylic acids is 1. The van der Waals surface area contributed by atoms with Crippen molar-refractivity contribution in [2.24, 2.45) is 23.2 Å². The molecule has 1 aromatic rings. The molecule has 0 saturated carbocycles. The maximum Gasteiger partial charge on any atom is 0.314 e. The number of aryl methyl sites for hydroxylation is 1. The van der Waals surface area contributed by atoms with Crippen LogP contribution in [0.3, 0.4) is 0 Å². The quantitative estimate of drug-likeness (QED) is 0.0513. The molecule has 1 N–H and O–H groups in total. The van der Waals surface area contributed by atoms with Crippen molar-refractivity contribution in [2.75, 3.05) is 6.61 Å². The predicted octanol–water partition coefficient (Wildman–Crippen LogP) is 8.86. The number of unbranched alkanes of at least 4 members (excludes halogenated alkanes) is 3. The van der Waals surface area contributed by atoms with E-state index >= 15 is 0 Å². The average molecular weight is 558 g/mol. The van der Waals surface area contributed by atoms with Crippen molar-refractivity contribution < 1.29 is 24.6 Å². The Hall–Kier alpha value is -2.83. The number of ether oxygens (including phenoxy) is 1. The van der Waals surface area contributed by atoms with Crippen molar-refractivity contribution in [1.29, 1.82) is 0 Å². The molecular formula is C33H51NO6. The lowest BCUT2D eigenvalue weighted by Gasteiger charge is -2.34. The molecule has 7 heteroatoms. The first kappa shape index (κ1) is 33.4. The third-order valence-corrected chi connectivity index (χ3v) is 8.91. The maximum absolute atomic E-state index is 13.8. The van der Waals surface area contributed by atoms with Crippen LogP contribution in [0.1, 0.15) is 116 Å². The summed E-state index contributed by atoms with van der Waals surface area (Å²) in [6.45, 7) is 17.0. The summed E-state index contributed by atoms with van der Waals surface area (Å²) in [5.41, 5.74) is 2.56. The molecule has 0 radical (unpaired) electrons. The second-order valence-corrected chi connectivity index (χ2v) is 12.6. The number of rotatable bonds is 17. The van der Waals surface area contributed by atoms with Gasteiger partial charge in [-0.15, -0.1) is 10.1 Å². The van der Waals surface area contributed by atoms with Gasteiger partial charge in [0.05, 0.1) is 12.5 Å². The van der Waals surface area contributed by atoms with Crippen LogP contribution in [-0.2, 0) is 9.63 Å². The number of allylic oxidation sites excluding steroid dienone is 3. The zero-order valence-electron chi connectivity index (χ0n) is 25.5. The van der Waals surface area contributed by atoms with E-state index < -0.39 is 5.09 Å². The highest BCUT2D eigenvalue weighted by Crippen LogP contribution is 2.43. The minimum Gasteiger partial charge on any atom is -0.507 e. The topological polar surface area (TPSA) is 98.9 Å². The van der Waals surface area contributed by atoms with Gasteiger partial charge in [0, 0.05) is 11.5 Å². The van der Waals surface area contributed by atoms with Crippen LogP contribution in [0, 0.1) is 40.2 Å². The standard InChI is InChI=1S/C33H51NO6/c1-23(2)25(4)21-28(22-26(5)33(6,7)19-13-8-9-14-20-39-34(37)38)32(36)40-29-18-17-24(3)31(35)30(29)27-15-11-10-12-16-27/h11,15,17-18,25-28,35H,1,8-10,12-14,16,19-22H2,2-7H3/t25-,26?,27?,28?/m0/s1. The smallest absolute Gasteiger partial charge is 0.314 e. The zero-order valence-corrected chi connectivity index (χ0v) is 25.5. The summed E-state index contributed by atoms with van der Waals surface area (Å²) in [5, 5.41) is 20.5. The van der Waals surface area contributed by atoms with E-state index in [0.29, 0.717) is 30.6 Å². The molecule has 0 amide bonds. The largest absolute Gasteiger partial charge is 0.507 e. The van der Waals surface area contributed by atoms with Gasteiger partial charge in [-0.3, -0.25) is 4.79 Å². The van der Waals surface area contributed by atoms with Crippen molar-refractivity contribution in [3.8, 4) is 11.5 Å². The van der Waals surface area contributed by atoms with Gasteiger partial charge in [0.2, 0.25) is 0 Å². The number of esters is 1. The Morgan fingerprint density at radius 1 is 1.20 bits per heavy atom. The Morgan fingerprint density at radius 3 is 2.52 bits per heavy atom. The molecule has 1 aliphatic rings. The molecule has 2 rings (SSSR count). The van der Waals surface area contributed by atoms with Gasteiger partial charge in [-0.1, -0.05) is 77.3 Å². The Kier molecular flexibility index (Phi) is 13.2. The van der Waals surface area contributed by atoms with Gasteiger partial charge < -0.3 is 14.7 Å². The normalized spacial score (nSPS) is 17.6. The second kappa shape index (κ2) is 15.8. The number of benzene rings is 1. The van der Waals surface area contributed by atoms with Crippen LogP contribution in [0.4, 0.5) is 0 Å². The van der Waals surface area contributed by atoms with E-state index in [4.69, 9.17) is 4.74 Å². The minimum atomic E-state index is -0.740. The highest BCUT2D eigenvalue weighted by Gasteiger charge is 2.33. The molecule has 1 aromatic carbocycles. The van der Waals surface area contributed by atoms with E-state index in [2.05, 4.69) is 51.3 Å². The number of hydrogen-bond acceptors (Lipinski definition) is 6. The van der Waals surface area contributed by atoms with Gasteiger partial charge in [0.15, 0.2) is 0 Å². The van der Waals surface area contributed by atoms with E-state index in [1.165, 1.54) is 0 Å². The van der Waals surface area contributed by atoms with E-state index in [9.17, 15) is 20.0 Å². The number of phenols is 1. The van der Waals surface area contributed by atoms with Gasteiger partial charge in [0.1, 0.15) is 11.5 Å². The summed E-state index contributed by atoms with van der Waals surface area (Å²) >= 11 is 0. The summed E-state index contributed by atoms with van der Waals surface area (Å²) in [7, 11) is 0. The molecule has 0 fully saturated rings. The Labute approximate surface area is 241 Å². The highest BCUT2D eigenvalue weighted by molar-refractivity contribution is 5.76. The van der Waals surface area contributed by atoms with Gasteiger partial charge in [-0.25, -0.2) is 0 Å². The van der Waals surface area contributed by atoms with Crippen molar-refractivity contribution in [3.05, 3.63) is 57.7 Å². The van der Waals surface area contributed by atoms with Crippen LogP contribution in [0.5, 0.6) is 11.5 Å². The molecule has 40 heavy (non-hydrogen) atoms. The molecule has 224 valence electrons. The number of hydrogen-bond donors (Lipinski definition) is 1. The first-order chi connectivity index (χ1) is 18.8. The summed E-state index contributed by atoms with van der Waals surface area (Å²) in [6, 6.07) is 3.64. The van der Waals surface area contributed by atoms with Crippen molar-refractivity contribution in [1.82, 2.24) is 0 Å². The summed E-state index contributed by atoms with van der Waals surface area (Å²) in [4.78, 5) is 28.4. The average Bonchev–Trinajstić information content (AvgIpc) is 2.90. The summed E-state index contributed by atoms with van der Waals surface area (Å²) < 4.78 is 6.12. The van der Waals surface area contributed by atoms with Crippen LogP contribution < -0.4 is 4.74 Å². The Bertz CT molecular complexity index is 1030. The highest BCUT2D eigenvalue weighted by atomic mass is 16.9. The van der Waals surface area contributed by atoms with Crippen LogP contribution >= 0.6 is 0 Å². The van der Waals surface area contributed by atoms with Crippen LogP contribution in [-0.4, -0.2) is 22.8 Å². The number of phenolic OH excluding ortho intramolecular Hbond substituents is 1. The van der Waals surface area contributed by atoms with Crippen LogP contribution in [0.2, 0.25) is 0 Å². The lowest BCUT2D eigenvalue weighted by atomic mass is 9.71. The van der Waals surface area contributed by atoms with Crippen molar-refractivity contribution >= 4 is 5.97 Å². The van der Waals surface area contributed by atoms with Gasteiger partial charge in [-0.05, 0) is 87.7 Å². The van der Waals surface area contributed by atoms with Crippen molar-refractivity contribution in [2.45, 2.75) is 112 Å². The molecule has 0 heterocycles. The molecule has 0 bridgehead atoms. The molecule has 3 unspecified atom stereocenters. The fourth-order valence-electron chi connectivity index (χ4n) is 5.47. The Morgan fingerprint density at radius 2 is 1.90 bits per heavy atom. The van der Waals surface area contributed by atoms with Crippen LogP contribution in [0.15, 0.2) is 36.4 Å². The molecular weight excluding hydrogens is 506 g/mol. The molecule has 7 nitrogen and oxygen atoms in total. The van der Waals surface area contributed by atoms with Gasteiger partial charge >= 0.3 is 5.97 Å². The molecule has 0 aliphatic heterocycles. The molecule has 4 atom stereocenters. The number of aromatic hydroxyl groups is 1. The fourth-order valence-corrected chi connectivity index (χ4v) is 5.47. The molecule has 0 saturated heterocycles. The minimum absolute atomic E-state index is 0.0164. The van der Waals surface area contributed by atoms with Gasteiger partial charge in [-0.2, -0.15) is 0 Å². The molecule has 1 aliphatic carbocycles. The lowest BCUT2D eigenvalue weighted by Crippen LogP contribution is -2.30. The predicted molar refractivity (Wildman–Crippen MR) is 160 cm³/mol. The fraction of sp³-hybridized carbons (Fsp3) is 0.667. The second-order valence-electron chi connectivity index (χ2n) is 12.6. The summed E-state index contributed by atoms with van der Waals surface area (Å²) in [5.74, 6) is 0.630. The zero-order chi connectivity index (χ0) is 29.9. The van der Waals surface area contributed by atoms with E-state index in [1.54, 1.807) is 0 Å². The SMILES string of the molecule is C=C(C)[C@@H](C)CC(CC(C)C(C)(C)CCCCCCO[N+](=O)[O-])C(=O)Oc1ccc(C)c(O)c1C1C=CCCC1. The number of carbonyl (C=O) groups is 1. The van der Waals surface area contributed by atoms with E-state index in [0.717, 1.165) is 56.1 Å². The Balaban J connectivity index is 2.12. The monoisotopic (exact) mass is 557 g/mol. The van der Waals surface area contributed by atoms with E-state index in [1.807, 2.05) is 26.0 Å².